The molecule has 130 valence electrons. The molecule has 0 saturated carbocycles. The Labute approximate surface area is 135 Å². The molecule has 23 heavy (non-hydrogen) atoms. The van der Waals surface area contributed by atoms with Crippen LogP contribution >= 0.6 is 0 Å². The summed E-state index contributed by atoms with van der Waals surface area (Å²) in [7, 11) is 0. The van der Waals surface area contributed by atoms with Gasteiger partial charge in [0.05, 0.1) is 12.3 Å². The molecule has 0 aliphatic carbocycles. The highest BCUT2D eigenvalue weighted by molar-refractivity contribution is 5.66. The van der Waals surface area contributed by atoms with Gasteiger partial charge in [0.1, 0.15) is 30.2 Å². The number of aliphatic hydroxyl groups excluding tert-OH is 4. The van der Waals surface area contributed by atoms with Crippen LogP contribution in [0.3, 0.4) is 0 Å². The maximum Gasteiger partial charge on any atom is 0.229 e. The average Bonchev–Trinajstić information content (AvgIpc) is 2.54. The van der Waals surface area contributed by atoms with E-state index in [0.717, 1.165) is 22.3 Å². The highest BCUT2D eigenvalue weighted by Crippen LogP contribution is 2.37. The first-order chi connectivity index (χ1) is 10.7. The second-order valence-corrected chi connectivity index (χ2v) is 6.06. The van der Waals surface area contributed by atoms with Gasteiger partial charge in [-0.1, -0.05) is 0 Å². The third kappa shape index (κ3) is 3.02. The molecular weight excluding hydrogens is 302 g/mol. The zero-order valence-electron chi connectivity index (χ0n) is 13.8. The number of nitrogens with two attached hydrogens (primary N) is 1. The molecule has 5 atom stereocenters. The predicted octanol–water partition coefficient (Wildman–Crippen LogP) is -0.319. The molecule has 2 rings (SSSR count). The van der Waals surface area contributed by atoms with Crippen molar-refractivity contribution in [2.75, 3.05) is 12.3 Å². The van der Waals surface area contributed by atoms with Crippen molar-refractivity contribution in [3.05, 3.63) is 22.3 Å². The number of benzene rings is 1. The summed E-state index contributed by atoms with van der Waals surface area (Å²) in [5.74, 6) is 0.370. The summed E-state index contributed by atoms with van der Waals surface area (Å²) >= 11 is 0. The average molecular weight is 327 g/mol. The van der Waals surface area contributed by atoms with E-state index < -0.39 is 37.3 Å². The van der Waals surface area contributed by atoms with Gasteiger partial charge in [-0.2, -0.15) is 0 Å². The first-order valence-corrected chi connectivity index (χ1v) is 7.53. The number of ether oxygens (including phenoxy) is 2. The highest BCUT2D eigenvalue weighted by atomic mass is 16.7. The van der Waals surface area contributed by atoms with E-state index in [1.165, 1.54) is 0 Å². The monoisotopic (exact) mass is 327 g/mol. The summed E-state index contributed by atoms with van der Waals surface area (Å²) in [6.07, 6.45) is -6.64. The van der Waals surface area contributed by atoms with Crippen LogP contribution in [0.15, 0.2) is 0 Å². The lowest BCUT2D eigenvalue weighted by Gasteiger charge is -2.40. The van der Waals surface area contributed by atoms with Crippen LogP contribution in [-0.4, -0.2) is 57.7 Å². The standard InChI is InChI=1S/C16H25NO6/c1-6-7(2)9(4)15(11(17)8(6)3)23-16-14(21)13(20)12(19)10(5-18)22-16/h10,12-14,16,18-21H,5,17H2,1-4H3/t10-,12?,13?,14?,16?/m1/s1. The van der Waals surface area contributed by atoms with Crippen LogP contribution in [0.4, 0.5) is 5.69 Å². The summed E-state index contributed by atoms with van der Waals surface area (Å²) in [4.78, 5) is 0. The van der Waals surface area contributed by atoms with Crippen LogP contribution in [0.2, 0.25) is 0 Å². The Morgan fingerprint density at radius 1 is 0.913 bits per heavy atom. The summed E-state index contributed by atoms with van der Waals surface area (Å²) in [5.41, 5.74) is 10.3. The normalized spacial score (nSPS) is 31.2. The fourth-order valence-electron chi connectivity index (χ4n) is 2.74. The number of rotatable bonds is 3. The summed E-state index contributed by atoms with van der Waals surface area (Å²) in [6.45, 7) is 7.11. The molecule has 1 heterocycles. The van der Waals surface area contributed by atoms with Crippen molar-refractivity contribution < 1.29 is 29.9 Å². The van der Waals surface area contributed by atoms with Crippen molar-refractivity contribution in [2.24, 2.45) is 0 Å². The zero-order valence-corrected chi connectivity index (χ0v) is 13.8. The van der Waals surface area contributed by atoms with Gasteiger partial charge in [-0.05, 0) is 49.9 Å². The molecule has 1 aromatic carbocycles. The van der Waals surface area contributed by atoms with Crippen molar-refractivity contribution in [2.45, 2.75) is 58.4 Å². The van der Waals surface area contributed by atoms with Crippen molar-refractivity contribution >= 4 is 5.69 Å². The van der Waals surface area contributed by atoms with Crippen LogP contribution in [0.1, 0.15) is 22.3 Å². The van der Waals surface area contributed by atoms with Crippen molar-refractivity contribution in [3.63, 3.8) is 0 Å². The molecule has 1 aliphatic heterocycles. The summed E-state index contributed by atoms with van der Waals surface area (Å²) in [6, 6.07) is 0. The summed E-state index contributed by atoms with van der Waals surface area (Å²) in [5, 5.41) is 38.9. The molecule has 1 aromatic rings. The van der Waals surface area contributed by atoms with Gasteiger partial charge in [0.2, 0.25) is 6.29 Å². The molecule has 0 aromatic heterocycles. The SMILES string of the molecule is Cc1c(C)c(C)c(OC2O[C@H](CO)C(O)C(O)C2O)c(N)c1C. The first kappa shape index (κ1) is 18.0. The second-order valence-electron chi connectivity index (χ2n) is 6.06. The molecule has 0 bridgehead atoms. The highest BCUT2D eigenvalue weighted by Gasteiger charge is 2.45. The zero-order chi connectivity index (χ0) is 17.5. The lowest BCUT2D eigenvalue weighted by atomic mass is 9.96. The van der Waals surface area contributed by atoms with Gasteiger partial charge in [0.15, 0.2) is 0 Å². The van der Waals surface area contributed by atoms with Crippen molar-refractivity contribution in [3.8, 4) is 5.75 Å². The predicted molar refractivity (Wildman–Crippen MR) is 84.2 cm³/mol. The van der Waals surface area contributed by atoms with Crippen LogP contribution in [0, 0.1) is 27.7 Å². The molecular formula is C16H25NO6. The molecule has 0 radical (unpaired) electrons. The van der Waals surface area contributed by atoms with E-state index >= 15 is 0 Å². The van der Waals surface area contributed by atoms with E-state index in [1.807, 2.05) is 27.7 Å². The van der Waals surface area contributed by atoms with Crippen LogP contribution in [-0.2, 0) is 4.74 Å². The Balaban J connectivity index is 2.35. The maximum absolute atomic E-state index is 10.1. The van der Waals surface area contributed by atoms with E-state index in [9.17, 15) is 20.4 Å². The third-order valence-corrected chi connectivity index (χ3v) is 4.76. The second kappa shape index (κ2) is 6.62. The van der Waals surface area contributed by atoms with Gasteiger partial charge in [-0.25, -0.2) is 0 Å². The van der Waals surface area contributed by atoms with Crippen LogP contribution in [0.25, 0.3) is 0 Å². The van der Waals surface area contributed by atoms with E-state index in [1.54, 1.807) is 0 Å². The molecule has 7 heteroatoms. The minimum absolute atomic E-state index is 0.370. The number of nitrogen functional groups attached to an aromatic ring is 1. The van der Waals surface area contributed by atoms with Gasteiger partial charge < -0.3 is 35.6 Å². The fourth-order valence-corrected chi connectivity index (χ4v) is 2.74. The summed E-state index contributed by atoms with van der Waals surface area (Å²) < 4.78 is 11.1. The van der Waals surface area contributed by atoms with E-state index in [-0.39, 0.29) is 0 Å². The topological polar surface area (TPSA) is 125 Å². The smallest absolute Gasteiger partial charge is 0.229 e. The van der Waals surface area contributed by atoms with Crippen LogP contribution < -0.4 is 10.5 Å². The van der Waals surface area contributed by atoms with Gasteiger partial charge in [-0.15, -0.1) is 0 Å². The Kier molecular flexibility index (Phi) is 5.17. The third-order valence-electron chi connectivity index (χ3n) is 4.76. The van der Waals surface area contributed by atoms with E-state index in [2.05, 4.69) is 0 Å². The molecule has 1 aliphatic rings. The Morgan fingerprint density at radius 3 is 2.04 bits per heavy atom. The van der Waals surface area contributed by atoms with Gasteiger partial charge in [-0.3, -0.25) is 0 Å². The molecule has 1 saturated heterocycles. The van der Waals surface area contributed by atoms with Gasteiger partial charge >= 0.3 is 0 Å². The first-order valence-electron chi connectivity index (χ1n) is 7.53. The number of anilines is 1. The van der Waals surface area contributed by atoms with Crippen molar-refractivity contribution in [1.82, 2.24) is 0 Å². The molecule has 1 fully saturated rings. The number of hydrogen-bond acceptors (Lipinski definition) is 7. The minimum Gasteiger partial charge on any atom is -0.460 e. The molecule has 6 N–H and O–H groups in total. The quantitative estimate of drug-likeness (QED) is 0.482. The fraction of sp³-hybridized carbons (Fsp3) is 0.625. The van der Waals surface area contributed by atoms with Crippen LogP contribution in [0.5, 0.6) is 5.75 Å². The lowest BCUT2D eigenvalue weighted by Crippen LogP contribution is -2.60. The number of aliphatic hydroxyl groups is 4. The Bertz CT molecular complexity index is 559. The molecule has 4 unspecified atom stereocenters. The largest absolute Gasteiger partial charge is 0.460 e. The van der Waals surface area contributed by atoms with E-state index in [4.69, 9.17) is 15.2 Å². The number of hydrogen-bond donors (Lipinski definition) is 5. The maximum atomic E-state index is 10.1. The minimum atomic E-state index is -1.49. The molecule has 0 amide bonds. The van der Waals surface area contributed by atoms with Gasteiger partial charge in [0.25, 0.3) is 0 Å². The lowest BCUT2D eigenvalue weighted by molar-refractivity contribution is -0.277. The Hall–Kier alpha value is -1.38. The molecule has 0 spiro atoms. The van der Waals surface area contributed by atoms with E-state index in [0.29, 0.717) is 11.4 Å². The molecule has 7 nitrogen and oxygen atoms in total. The van der Waals surface area contributed by atoms with Crippen molar-refractivity contribution in [1.29, 1.82) is 0 Å². The van der Waals surface area contributed by atoms with Gasteiger partial charge in [0, 0.05) is 0 Å². The Morgan fingerprint density at radius 2 is 1.48 bits per heavy atom.